The number of anilines is 1. The first-order chi connectivity index (χ1) is 19.3. The van der Waals surface area contributed by atoms with Crippen molar-refractivity contribution in [3.63, 3.8) is 0 Å². The molecule has 0 saturated heterocycles. The van der Waals surface area contributed by atoms with Gasteiger partial charge in [-0.05, 0) is 50.2 Å². The normalized spacial score (nSPS) is 13.1. The summed E-state index contributed by atoms with van der Waals surface area (Å²) in [5.41, 5.74) is 1.16. The van der Waals surface area contributed by atoms with Gasteiger partial charge in [-0.15, -0.1) is 0 Å². The zero-order valence-corrected chi connectivity index (χ0v) is 25.5. The predicted molar refractivity (Wildman–Crippen MR) is 160 cm³/mol. The molecule has 1 aromatic heterocycles. The number of ether oxygens (including phenoxy) is 2. The standard InChI is InChI=1S/C29H40N4O5S2/c1-5-9-15-32(16-10-6-2)40(35,36)23-13-11-22(12-14-23)28(34)33(18-17-31(7-3)8-4)29-30-24-19-25-26(38-21-37-25)20-27(24)39-29/h11-14,19-20H,5-10,15-18,21H2,1-4H3. The van der Waals surface area contributed by atoms with E-state index in [-0.39, 0.29) is 17.6 Å². The first kappa shape index (κ1) is 30.2. The lowest BCUT2D eigenvalue weighted by Gasteiger charge is -2.25. The van der Waals surface area contributed by atoms with Crippen molar-refractivity contribution in [1.82, 2.24) is 14.2 Å². The highest BCUT2D eigenvalue weighted by Crippen LogP contribution is 2.40. The summed E-state index contributed by atoms with van der Waals surface area (Å²) in [6.45, 7) is 12.4. The number of fused-ring (bicyclic) bond motifs is 2. The number of hydrogen-bond acceptors (Lipinski definition) is 8. The Hall–Kier alpha value is -2.73. The summed E-state index contributed by atoms with van der Waals surface area (Å²) in [6.07, 6.45) is 3.46. The zero-order chi connectivity index (χ0) is 28.7. The number of benzene rings is 2. The molecule has 1 aliphatic heterocycles. The monoisotopic (exact) mass is 588 g/mol. The SMILES string of the molecule is CCCCN(CCCC)S(=O)(=O)c1ccc(C(=O)N(CCN(CC)CC)c2nc3cc4c(cc3s2)OCO4)cc1. The van der Waals surface area contributed by atoms with Crippen LogP contribution in [0.25, 0.3) is 10.2 Å². The molecule has 0 bridgehead atoms. The van der Waals surface area contributed by atoms with E-state index in [0.29, 0.717) is 48.4 Å². The lowest BCUT2D eigenvalue weighted by atomic mass is 10.2. The quantitative estimate of drug-likeness (QED) is 0.228. The highest BCUT2D eigenvalue weighted by molar-refractivity contribution is 7.89. The topological polar surface area (TPSA) is 92.3 Å². The van der Waals surface area contributed by atoms with Crippen molar-refractivity contribution in [3.05, 3.63) is 42.0 Å². The molecule has 2 aromatic carbocycles. The van der Waals surface area contributed by atoms with Crippen LogP contribution < -0.4 is 14.4 Å². The fourth-order valence-corrected chi connectivity index (χ4v) is 7.10. The molecule has 218 valence electrons. The van der Waals surface area contributed by atoms with Gasteiger partial charge in [0.05, 0.1) is 15.1 Å². The van der Waals surface area contributed by atoms with E-state index in [1.54, 1.807) is 33.5 Å². The number of likely N-dealkylation sites (N-methyl/N-ethyl adjacent to an activating group) is 1. The molecule has 40 heavy (non-hydrogen) atoms. The van der Waals surface area contributed by atoms with Crippen molar-refractivity contribution in [3.8, 4) is 11.5 Å². The highest BCUT2D eigenvalue weighted by atomic mass is 32.2. The van der Waals surface area contributed by atoms with Gasteiger partial charge in [-0.25, -0.2) is 13.4 Å². The predicted octanol–water partition coefficient (Wildman–Crippen LogP) is 5.60. The van der Waals surface area contributed by atoms with Gasteiger partial charge in [0, 0.05) is 43.9 Å². The number of amides is 1. The van der Waals surface area contributed by atoms with Crippen LogP contribution in [0, 0.1) is 0 Å². The number of rotatable bonds is 15. The summed E-state index contributed by atoms with van der Waals surface area (Å²) >= 11 is 1.43. The van der Waals surface area contributed by atoms with Gasteiger partial charge in [0.1, 0.15) is 0 Å². The first-order valence-electron chi connectivity index (χ1n) is 14.2. The van der Waals surface area contributed by atoms with Gasteiger partial charge in [-0.2, -0.15) is 4.31 Å². The van der Waals surface area contributed by atoms with E-state index in [2.05, 4.69) is 32.6 Å². The summed E-state index contributed by atoms with van der Waals surface area (Å²) < 4.78 is 40.3. The molecule has 0 aliphatic carbocycles. The maximum Gasteiger partial charge on any atom is 0.260 e. The molecule has 0 radical (unpaired) electrons. The van der Waals surface area contributed by atoms with Crippen molar-refractivity contribution in [2.24, 2.45) is 0 Å². The molecule has 3 aromatic rings. The fourth-order valence-electron chi connectivity index (χ4n) is 4.58. The molecule has 0 atom stereocenters. The van der Waals surface area contributed by atoms with Gasteiger partial charge in [0.2, 0.25) is 16.8 Å². The van der Waals surface area contributed by atoms with E-state index in [4.69, 9.17) is 14.5 Å². The minimum atomic E-state index is -3.64. The number of nitrogens with zero attached hydrogens (tertiary/aromatic N) is 4. The zero-order valence-electron chi connectivity index (χ0n) is 23.9. The number of thiazole rings is 1. The number of sulfonamides is 1. The molecular formula is C29H40N4O5S2. The summed E-state index contributed by atoms with van der Waals surface area (Å²) in [5, 5.41) is 0.581. The van der Waals surface area contributed by atoms with Crippen LogP contribution in [0.5, 0.6) is 11.5 Å². The average Bonchev–Trinajstić information content (AvgIpc) is 3.59. The Morgan fingerprint density at radius 2 is 1.52 bits per heavy atom. The van der Waals surface area contributed by atoms with Crippen LogP contribution in [-0.2, 0) is 10.0 Å². The second-order valence-corrected chi connectivity index (χ2v) is 12.7. The molecule has 1 amide bonds. The first-order valence-corrected chi connectivity index (χ1v) is 16.4. The average molecular weight is 589 g/mol. The Morgan fingerprint density at radius 1 is 0.900 bits per heavy atom. The summed E-state index contributed by atoms with van der Waals surface area (Å²) in [7, 11) is -3.64. The molecule has 0 unspecified atom stereocenters. The van der Waals surface area contributed by atoms with Crippen molar-refractivity contribution >= 4 is 42.6 Å². The Labute approximate surface area is 241 Å². The van der Waals surface area contributed by atoms with Crippen molar-refractivity contribution in [2.45, 2.75) is 58.3 Å². The van der Waals surface area contributed by atoms with Crippen molar-refractivity contribution < 1.29 is 22.7 Å². The second kappa shape index (κ2) is 13.8. The maximum absolute atomic E-state index is 13.9. The van der Waals surface area contributed by atoms with E-state index < -0.39 is 10.0 Å². The maximum atomic E-state index is 13.9. The molecule has 11 heteroatoms. The van der Waals surface area contributed by atoms with Crippen LogP contribution in [0.1, 0.15) is 63.7 Å². The van der Waals surface area contributed by atoms with E-state index in [9.17, 15) is 13.2 Å². The fraction of sp³-hybridized carbons (Fsp3) is 0.517. The van der Waals surface area contributed by atoms with Crippen LogP contribution in [-0.4, -0.2) is 74.6 Å². The summed E-state index contributed by atoms with van der Waals surface area (Å²) in [6, 6.07) is 10.1. The molecule has 0 saturated carbocycles. The van der Waals surface area contributed by atoms with E-state index in [1.165, 1.54) is 11.3 Å². The molecule has 0 fully saturated rings. The smallest absolute Gasteiger partial charge is 0.260 e. The van der Waals surface area contributed by atoms with Gasteiger partial charge < -0.3 is 14.4 Å². The minimum absolute atomic E-state index is 0.189. The second-order valence-electron chi connectivity index (χ2n) is 9.79. The third-order valence-electron chi connectivity index (χ3n) is 7.14. The third-order valence-corrected chi connectivity index (χ3v) is 10.1. The van der Waals surface area contributed by atoms with Gasteiger partial charge in [0.25, 0.3) is 5.91 Å². The van der Waals surface area contributed by atoms with E-state index >= 15 is 0 Å². The Balaban J connectivity index is 1.61. The van der Waals surface area contributed by atoms with Crippen molar-refractivity contribution in [1.29, 1.82) is 0 Å². The minimum Gasteiger partial charge on any atom is -0.454 e. The molecule has 9 nitrogen and oxygen atoms in total. The van der Waals surface area contributed by atoms with Crippen LogP contribution in [0.3, 0.4) is 0 Å². The van der Waals surface area contributed by atoms with Crippen LogP contribution in [0.15, 0.2) is 41.3 Å². The Kier molecular flexibility index (Phi) is 10.4. The molecular weight excluding hydrogens is 548 g/mol. The number of carbonyl (C=O) groups excluding carboxylic acids is 1. The molecule has 2 heterocycles. The lowest BCUT2D eigenvalue weighted by Crippen LogP contribution is -2.39. The molecule has 4 rings (SSSR count). The number of hydrogen-bond donors (Lipinski definition) is 0. The lowest BCUT2D eigenvalue weighted by molar-refractivity contribution is 0.0983. The van der Waals surface area contributed by atoms with Gasteiger partial charge in [-0.3, -0.25) is 9.69 Å². The molecule has 0 N–H and O–H groups in total. The van der Waals surface area contributed by atoms with Crippen molar-refractivity contribution in [2.75, 3.05) is 51.0 Å². The highest BCUT2D eigenvalue weighted by Gasteiger charge is 2.26. The van der Waals surface area contributed by atoms with Gasteiger partial charge in [-0.1, -0.05) is 51.9 Å². The Morgan fingerprint density at radius 3 is 2.12 bits per heavy atom. The third kappa shape index (κ3) is 6.76. The summed E-state index contributed by atoms with van der Waals surface area (Å²) in [5.74, 6) is 1.10. The molecule has 1 aliphatic rings. The van der Waals surface area contributed by atoms with E-state index in [0.717, 1.165) is 49.0 Å². The van der Waals surface area contributed by atoms with Crippen LogP contribution >= 0.6 is 11.3 Å². The van der Waals surface area contributed by atoms with Crippen LogP contribution in [0.4, 0.5) is 5.13 Å². The number of aromatic nitrogens is 1. The van der Waals surface area contributed by atoms with Gasteiger partial charge in [0.15, 0.2) is 16.6 Å². The van der Waals surface area contributed by atoms with E-state index in [1.807, 2.05) is 12.1 Å². The largest absolute Gasteiger partial charge is 0.454 e. The molecule has 0 spiro atoms. The summed E-state index contributed by atoms with van der Waals surface area (Å²) in [4.78, 5) is 22.8. The number of unbranched alkanes of at least 4 members (excludes halogenated alkanes) is 2. The number of carbonyl (C=O) groups is 1. The Bertz CT molecular complexity index is 1340. The van der Waals surface area contributed by atoms with Crippen LogP contribution in [0.2, 0.25) is 0 Å². The van der Waals surface area contributed by atoms with Gasteiger partial charge >= 0.3 is 0 Å².